The SMILES string of the molecule is COc1ccc2c(c1)c(CC(=O)OCCCC(=O)OCC(NC(=O)C(Cl)Cl)C(O)c1ccc([N+](=O)[O-])cc1)c(C)n2C(=O)c1ccc(Cl)cc1. The normalized spacial score (nSPS) is 12.3. The second kappa shape index (κ2) is 17.3. The second-order valence-corrected chi connectivity index (χ2v) is 12.5. The first kappa shape index (κ1) is 38.1. The molecular weight excluding hydrogens is 717 g/mol. The third-order valence-electron chi connectivity index (χ3n) is 7.72. The number of nitro groups is 1. The smallest absolute Gasteiger partial charge is 0.310 e. The molecular formula is C34H32Cl3N3O10. The molecule has 0 radical (unpaired) electrons. The lowest BCUT2D eigenvalue weighted by atomic mass is 10.0. The lowest BCUT2D eigenvalue weighted by Crippen LogP contribution is -2.45. The zero-order valence-corrected chi connectivity index (χ0v) is 29.0. The number of non-ortho nitro benzene ring substituents is 1. The van der Waals surface area contributed by atoms with E-state index in [2.05, 4.69) is 5.32 Å². The molecule has 0 bridgehead atoms. The number of esters is 2. The molecule has 0 saturated heterocycles. The molecule has 16 heteroatoms. The first-order valence-corrected chi connectivity index (χ1v) is 16.4. The fourth-order valence-corrected chi connectivity index (χ4v) is 5.38. The van der Waals surface area contributed by atoms with E-state index in [1.54, 1.807) is 49.4 Å². The van der Waals surface area contributed by atoms with E-state index in [1.807, 2.05) is 0 Å². The van der Waals surface area contributed by atoms with E-state index in [1.165, 1.54) is 35.9 Å². The van der Waals surface area contributed by atoms with Gasteiger partial charge in [0.25, 0.3) is 17.5 Å². The fraction of sp³-hybridized carbons (Fsp3) is 0.294. The van der Waals surface area contributed by atoms with Crippen molar-refractivity contribution < 1.29 is 43.4 Å². The summed E-state index contributed by atoms with van der Waals surface area (Å²) >= 11 is 17.2. The molecule has 0 saturated carbocycles. The Bertz CT molecular complexity index is 1880. The summed E-state index contributed by atoms with van der Waals surface area (Å²) in [6.07, 6.45) is -1.66. The van der Waals surface area contributed by atoms with Crippen LogP contribution in [0, 0.1) is 17.0 Å². The van der Waals surface area contributed by atoms with Gasteiger partial charge >= 0.3 is 11.9 Å². The molecule has 264 valence electrons. The number of halogens is 3. The third kappa shape index (κ3) is 9.51. The van der Waals surface area contributed by atoms with Crippen LogP contribution in [0.15, 0.2) is 66.7 Å². The molecule has 0 fully saturated rings. The monoisotopic (exact) mass is 747 g/mol. The Hall–Kier alpha value is -4.69. The Morgan fingerprint density at radius 1 is 0.980 bits per heavy atom. The molecule has 0 aliphatic heterocycles. The summed E-state index contributed by atoms with van der Waals surface area (Å²) in [6, 6.07) is 15.4. The van der Waals surface area contributed by atoms with Crippen molar-refractivity contribution in [3.8, 4) is 5.75 Å². The molecule has 4 aromatic rings. The van der Waals surface area contributed by atoms with Gasteiger partial charge in [0.15, 0.2) is 4.84 Å². The van der Waals surface area contributed by atoms with Gasteiger partial charge in [0.05, 0.1) is 36.6 Å². The first-order valence-electron chi connectivity index (χ1n) is 15.1. The number of nitro benzene ring substituents is 1. The van der Waals surface area contributed by atoms with E-state index in [-0.39, 0.29) is 43.0 Å². The minimum atomic E-state index is -1.47. The number of rotatable bonds is 15. The predicted octanol–water partition coefficient (Wildman–Crippen LogP) is 5.64. The Labute approximate surface area is 301 Å². The summed E-state index contributed by atoms with van der Waals surface area (Å²) in [5, 5.41) is 25.3. The van der Waals surface area contributed by atoms with Crippen LogP contribution in [-0.2, 0) is 30.3 Å². The lowest BCUT2D eigenvalue weighted by molar-refractivity contribution is -0.384. The highest BCUT2D eigenvalue weighted by Crippen LogP contribution is 2.31. The quantitative estimate of drug-likeness (QED) is 0.0509. The third-order valence-corrected chi connectivity index (χ3v) is 8.37. The number of benzene rings is 3. The zero-order valence-electron chi connectivity index (χ0n) is 26.8. The molecule has 13 nitrogen and oxygen atoms in total. The number of fused-ring (bicyclic) bond motifs is 1. The van der Waals surface area contributed by atoms with Crippen LogP contribution in [-0.4, -0.2) is 69.6 Å². The maximum atomic E-state index is 13.5. The molecule has 1 heterocycles. The molecule has 0 aliphatic rings. The number of nitrogens with one attached hydrogen (secondary N) is 1. The Balaban J connectivity index is 1.35. The minimum Gasteiger partial charge on any atom is -0.497 e. The number of ether oxygens (including phenoxy) is 3. The molecule has 50 heavy (non-hydrogen) atoms. The van der Waals surface area contributed by atoms with Crippen molar-refractivity contribution in [1.82, 2.24) is 9.88 Å². The Morgan fingerprint density at radius 2 is 1.66 bits per heavy atom. The van der Waals surface area contributed by atoms with Gasteiger partial charge in [-0.3, -0.25) is 33.9 Å². The minimum absolute atomic E-state index is 0.0988. The van der Waals surface area contributed by atoms with Crippen LogP contribution in [0.2, 0.25) is 5.02 Å². The summed E-state index contributed by atoms with van der Waals surface area (Å²) in [4.78, 5) is 59.9. The number of hydrogen-bond acceptors (Lipinski definition) is 10. The molecule has 1 amide bonds. The maximum absolute atomic E-state index is 13.5. The van der Waals surface area contributed by atoms with Crippen molar-refractivity contribution in [1.29, 1.82) is 0 Å². The summed E-state index contributed by atoms with van der Waals surface area (Å²) in [7, 11) is 1.51. The van der Waals surface area contributed by atoms with Crippen molar-refractivity contribution in [2.75, 3.05) is 20.3 Å². The average molecular weight is 749 g/mol. The van der Waals surface area contributed by atoms with Gasteiger partial charge in [-0.05, 0) is 79.1 Å². The van der Waals surface area contributed by atoms with Crippen LogP contribution in [0.4, 0.5) is 5.69 Å². The summed E-state index contributed by atoms with van der Waals surface area (Å²) < 4.78 is 17.5. The lowest BCUT2D eigenvalue weighted by Gasteiger charge is -2.24. The van der Waals surface area contributed by atoms with Gasteiger partial charge in [-0.2, -0.15) is 0 Å². The molecule has 4 rings (SSSR count). The number of carbonyl (C=O) groups is 4. The number of methoxy groups -OCH3 is 1. The summed E-state index contributed by atoms with van der Waals surface area (Å²) in [5.41, 5.74) is 2.09. The topological polar surface area (TPSA) is 176 Å². The van der Waals surface area contributed by atoms with Crippen molar-refractivity contribution in [3.05, 3.63) is 104 Å². The van der Waals surface area contributed by atoms with Crippen molar-refractivity contribution in [3.63, 3.8) is 0 Å². The number of amides is 1. The average Bonchev–Trinajstić information content (AvgIpc) is 3.37. The Morgan fingerprint density at radius 3 is 2.28 bits per heavy atom. The number of aromatic nitrogens is 1. The van der Waals surface area contributed by atoms with E-state index >= 15 is 0 Å². The molecule has 1 aromatic heterocycles. The molecule has 2 atom stereocenters. The molecule has 0 spiro atoms. The van der Waals surface area contributed by atoms with E-state index in [0.29, 0.717) is 38.5 Å². The zero-order chi connectivity index (χ0) is 36.5. The van der Waals surface area contributed by atoms with Gasteiger partial charge in [-0.15, -0.1) is 0 Å². The first-order chi connectivity index (χ1) is 23.8. The highest BCUT2D eigenvalue weighted by molar-refractivity contribution is 6.53. The number of nitrogens with zero attached hydrogens (tertiary/aromatic N) is 2. The highest BCUT2D eigenvalue weighted by Gasteiger charge is 2.27. The molecule has 2 unspecified atom stereocenters. The van der Waals surface area contributed by atoms with E-state index in [4.69, 9.17) is 49.0 Å². The Kier molecular flexibility index (Phi) is 13.2. The number of hydrogen-bond donors (Lipinski definition) is 2. The van der Waals surface area contributed by atoms with Gasteiger partial charge in [-0.1, -0.05) is 34.8 Å². The van der Waals surface area contributed by atoms with Crippen molar-refractivity contribution in [2.45, 2.75) is 43.2 Å². The van der Waals surface area contributed by atoms with E-state index in [9.17, 15) is 34.4 Å². The highest BCUT2D eigenvalue weighted by atomic mass is 35.5. The van der Waals surface area contributed by atoms with Crippen LogP contribution in [0.3, 0.4) is 0 Å². The van der Waals surface area contributed by atoms with Gasteiger partial charge in [0.2, 0.25) is 0 Å². The maximum Gasteiger partial charge on any atom is 0.310 e. The van der Waals surface area contributed by atoms with Crippen LogP contribution >= 0.6 is 34.8 Å². The van der Waals surface area contributed by atoms with Crippen LogP contribution in [0.25, 0.3) is 10.9 Å². The van der Waals surface area contributed by atoms with Crippen molar-refractivity contribution in [2.24, 2.45) is 0 Å². The fourth-order valence-electron chi connectivity index (χ4n) is 5.13. The van der Waals surface area contributed by atoms with Crippen LogP contribution in [0.1, 0.15) is 46.1 Å². The summed E-state index contributed by atoms with van der Waals surface area (Å²) in [5.74, 6) is -1.92. The van der Waals surface area contributed by atoms with Gasteiger partial charge in [0, 0.05) is 40.2 Å². The second-order valence-electron chi connectivity index (χ2n) is 11.0. The number of aliphatic hydroxyl groups is 1. The van der Waals surface area contributed by atoms with E-state index in [0.717, 1.165) is 0 Å². The van der Waals surface area contributed by atoms with Gasteiger partial charge < -0.3 is 24.6 Å². The van der Waals surface area contributed by atoms with Crippen LogP contribution in [0.5, 0.6) is 5.75 Å². The number of alkyl halides is 2. The summed E-state index contributed by atoms with van der Waals surface area (Å²) in [6.45, 7) is 1.13. The van der Waals surface area contributed by atoms with Gasteiger partial charge in [0.1, 0.15) is 18.5 Å². The van der Waals surface area contributed by atoms with Gasteiger partial charge in [-0.25, -0.2) is 0 Å². The van der Waals surface area contributed by atoms with E-state index < -0.39 is 46.4 Å². The van der Waals surface area contributed by atoms with Crippen molar-refractivity contribution >= 4 is 75.1 Å². The predicted molar refractivity (Wildman–Crippen MR) is 185 cm³/mol. The molecule has 0 aliphatic carbocycles. The standard InChI is InChI=1S/C34H32Cl3N3O10/c1-19-25(26-16-24(48-2)13-14-28(26)39(19)34(45)21-5-9-22(35)10-6-21)17-30(42)49-15-3-4-29(41)50-18-27(38-33(44)32(36)37)31(43)20-7-11-23(12-8-20)40(46)47/h5-14,16,27,31-32,43H,3-4,15,17-18H2,1-2H3,(H,38,44). The molecule has 3 aromatic carbocycles. The molecule has 2 N–H and O–H groups in total. The number of carbonyl (C=O) groups excluding carboxylic acids is 4. The largest absolute Gasteiger partial charge is 0.497 e. The van der Waals surface area contributed by atoms with Crippen LogP contribution < -0.4 is 10.1 Å². The number of aliphatic hydroxyl groups excluding tert-OH is 1.